The van der Waals surface area contributed by atoms with Crippen molar-refractivity contribution < 1.29 is 30.4 Å². The summed E-state index contributed by atoms with van der Waals surface area (Å²) in [6.45, 7) is 22.7. The predicted octanol–water partition coefficient (Wildman–Crippen LogP) is 15.4. The summed E-state index contributed by atoms with van der Waals surface area (Å²) in [5.74, 6) is 2.01. The molecule has 0 saturated heterocycles. The first-order valence-corrected chi connectivity index (χ1v) is 24.0. The standard InChI is InChI=1S/C64H60N4O.Pt/c1-61(2,3)48-32-33-65-60(39-48)68-57-29-21-20-28-55(57)56-31-30-53(41-58(56)68)69-54-38-50(63(7,8)46-24-16-12-17-25-46)37-52(40-54)67-43-66(42-59(67)64(9,10)47-26-18-13-19-27-47)51-35-45(44-22-14-11-15-23-44)34-49(36-51)62(4,5)6;/h11-39,42H,1-10H3;/q-2;. The summed E-state index contributed by atoms with van der Waals surface area (Å²) in [6, 6.07) is 67.8. The minimum absolute atomic E-state index is 0. The first-order chi connectivity index (χ1) is 32.9. The molecule has 0 aliphatic heterocycles. The number of pyridine rings is 1. The molecule has 0 bridgehead atoms. The summed E-state index contributed by atoms with van der Waals surface area (Å²) in [4.78, 5) is 4.92. The fourth-order valence-corrected chi connectivity index (χ4v) is 9.49. The van der Waals surface area contributed by atoms with Crippen LogP contribution >= 0.6 is 0 Å². The van der Waals surface area contributed by atoms with Crippen LogP contribution in [0.15, 0.2) is 182 Å². The monoisotopic (exact) mass is 1100 g/mol. The van der Waals surface area contributed by atoms with E-state index < -0.39 is 10.8 Å². The van der Waals surface area contributed by atoms with Crippen LogP contribution in [0.5, 0.6) is 11.5 Å². The molecule has 3 aromatic heterocycles. The Kier molecular flexibility index (Phi) is 12.7. The Bertz CT molecular complexity index is 3480. The van der Waals surface area contributed by atoms with Gasteiger partial charge in [0, 0.05) is 55.9 Å². The maximum absolute atomic E-state index is 7.03. The molecule has 0 radical (unpaired) electrons. The van der Waals surface area contributed by atoms with Gasteiger partial charge >= 0.3 is 0 Å². The van der Waals surface area contributed by atoms with Crippen molar-refractivity contribution in [3.8, 4) is 39.8 Å². The Morgan fingerprint density at radius 3 is 1.80 bits per heavy atom. The largest absolute Gasteiger partial charge is 0.510 e. The summed E-state index contributed by atoms with van der Waals surface area (Å²) < 4.78 is 13.6. The number of ether oxygens (including phenoxy) is 1. The number of fused-ring (bicyclic) bond motifs is 3. The molecule has 0 aliphatic rings. The zero-order chi connectivity index (χ0) is 48.3. The molecule has 5 nitrogen and oxygen atoms in total. The Balaban J connectivity index is 0.00000608. The van der Waals surface area contributed by atoms with E-state index in [-0.39, 0.29) is 31.9 Å². The van der Waals surface area contributed by atoms with Crippen LogP contribution in [0.25, 0.3) is 50.1 Å². The van der Waals surface area contributed by atoms with Gasteiger partial charge in [0.25, 0.3) is 6.33 Å². The van der Waals surface area contributed by atoms with Gasteiger partial charge in [-0.05, 0) is 91.0 Å². The third-order valence-electron chi connectivity index (χ3n) is 13.9. The average Bonchev–Trinajstić information content (AvgIpc) is 3.95. The maximum Gasteiger partial charge on any atom is 0.267 e. The topological polar surface area (TPSA) is 35.9 Å². The van der Waals surface area contributed by atoms with Gasteiger partial charge < -0.3 is 13.9 Å². The fraction of sp³-hybridized carbons (Fsp3) is 0.219. The van der Waals surface area contributed by atoms with Crippen molar-refractivity contribution in [2.24, 2.45) is 0 Å². The van der Waals surface area contributed by atoms with Crippen LogP contribution in [-0.2, 0) is 42.7 Å². The Hall–Kier alpha value is -6.81. The van der Waals surface area contributed by atoms with Crippen LogP contribution in [0.3, 0.4) is 0 Å². The van der Waals surface area contributed by atoms with Gasteiger partial charge in [-0.15, -0.1) is 35.2 Å². The van der Waals surface area contributed by atoms with Gasteiger partial charge in [0.15, 0.2) is 0 Å². The molecule has 70 heavy (non-hydrogen) atoms. The molecule has 0 spiro atoms. The second-order valence-electron chi connectivity index (χ2n) is 21.5. The minimum atomic E-state index is -0.447. The second-order valence-corrected chi connectivity index (χ2v) is 21.5. The van der Waals surface area contributed by atoms with Gasteiger partial charge in [0.2, 0.25) is 0 Å². The van der Waals surface area contributed by atoms with E-state index in [2.05, 4.69) is 271 Å². The first-order valence-electron chi connectivity index (χ1n) is 24.0. The summed E-state index contributed by atoms with van der Waals surface area (Å²) in [5.41, 5.74) is 12.1. The first kappa shape index (κ1) is 48.2. The quantitative estimate of drug-likeness (QED) is 0.101. The van der Waals surface area contributed by atoms with Gasteiger partial charge in [-0.25, -0.2) is 4.98 Å². The Labute approximate surface area is 428 Å². The molecule has 0 amide bonds. The zero-order valence-corrected chi connectivity index (χ0v) is 44.1. The molecular weight excluding hydrogens is 1040 g/mol. The third-order valence-corrected chi connectivity index (χ3v) is 13.9. The van der Waals surface area contributed by atoms with Crippen LogP contribution < -0.4 is 9.30 Å². The van der Waals surface area contributed by atoms with E-state index in [1.807, 2.05) is 12.3 Å². The average molecular weight is 1100 g/mol. The summed E-state index contributed by atoms with van der Waals surface area (Å²) in [5, 5.41) is 2.21. The number of aromatic nitrogens is 4. The van der Waals surface area contributed by atoms with Crippen LogP contribution in [0.4, 0.5) is 0 Å². The Morgan fingerprint density at radius 1 is 0.500 bits per heavy atom. The van der Waals surface area contributed by atoms with Crippen molar-refractivity contribution >= 4 is 21.8 Å². The molecule has 7 aromatic carbocycles. The van der Waals surface area contributed by atoms with E-state index in [9.17, 15) is 0 Å². The number of rotatable bonds is 10. The molecule has 354 valence electrons. The number of hydrogen-bond acceptors (Lipinski definition) is 2. The molecular formula is C64H60N4OPt-2. The molecule has 0 unspecified atom stereocenters. The van der Waals surface area contributed by atoms with Crippen molar-refractivity contribution in [2.75, 3.05) is 0 Å². The molecule has 10 rings (SSSR count). The molecule has 6 heteroatoms. The van der Waals surface area contributed by atoms with Gasteiger partial charge in [0.05, 0.1) is 11.4 Å². The van der Waals surface area contributed by atoms with Crippen molar-refractivity contribution in [1.29, 1.82) is 0 Å². The van der Waals surface area contributed by atoms with E-state index in [0.29, 0.717) is 11.5 Å². The van der Waals surface area contributed by atoms with Crippen LogP contribution in [-0.4, -0.2) is 14.1 Å². The zero-order valence-electron chi connectivity index (χ0n) is 41.8. The van der Waals surface area contributed by atoms with Crippen molar-refractivity contribution in [3.05, 3.63) is 234 Å². The third kappa shape index (κ3) is 9.20. The smallest absolute Gasteiger partial charge is 0.267 e. The molecule has 0 fully saturated rings. The minimum Gasteiger partial charge on any atom is -0.510 e. The van der Waals surface area contributed by atoms with E-state index >= 15 is 0 Å². The maximum atomic E-state index is 7.03. The SMILES string of the molecule is CC(C)(C)c1cc(-c2ccccc2)cc(-[n+]2[c-]n(-c3[c-]c(Oc4[c-]c5c(cc4)c4ccccc4n5-c4cc(C(C)(C)C)ccn4)cc(C(C)(C)c4ccccc4)c3)c(C(C)(C)c3ccccc3)c2)c1.[Pt]. The molecule has 0 saturated carbocycles. The summed E-state index contributed by atoms with van der Waals surface area (Å²) >= 11 is 0. The second kappa shape index (κ2) is 18.5. The van der Waals surface area contributed by atoms with Gasteiger partial charge in [-0.3, -0.25) is 4.57 Å². The van der Waals surface area contributed by atoms with Crippen LogP contribution in [0.1, 0.15) is 103 Å². The normalized spacial score (nSPS) is 12.3. The number of para-hydroxylation sites is 1. The van der Waals surface area contributed by atoms with Crippen molar-refractivity contribution in [3.63, 3.8) is 0 Å². The molecule has 0 atom stereocenters. The Morgan fingerprint density at radius 2 is 1.13 bits per heavy atom. The summed E-state index contributed by atoms with van der Waals surface area (Å²) in [6.07, 6.45) is 8.02. The van der Waals surface area contributed by atoms with E-state index in [4.69, 9.17) is 9.72 Å². The number of benzene rings is 7. The van der Waals surface area contributed by atoms with Gasteiger partial charge in [-0.1, -0.05) is 190 Å². The predicted molar refractivity (Wildman–Crippen MR) is 282 cm³/mol. The molecule has 0 N–H and O–H groups in total. The van der Waals surface area contributed by atoms with Gasteiger partial charge in [0.1, 0.15) is 5.82 Å². The van der Waals surface area contributed by atoms with E-state index in [0.717, 1.165) is 55.8 Å². The number of imidazole rings is 1. The summed E-state index contributed by atoms with van der Waals surface area (Å²) in [7, 11) is 0. The van der Waals surface area contributed by atoms with Crippen molar-refractivity contribution in [2.45, 2.75) is 90.9 Å². The van der Waals surface area contributed by atoms with Crippen LogP contribution in [0, 0.1) is 18.5 Å². The molecule has 3 heterocycles. The van der Waals surface area contributed by atoms with Crippen molar-refractivity contribution in [1.82, 2.24) is 14.1 Å². The number of hydrogen-bond donors (Lipinski definition) is 0. The van der Waals surface area contributed by atoms with E-state index in [1.54, 1.807) is 0 Å². The molecule has 10 aromatic rings. The van der Waals surface area contributed by atoms with Gasteiger partial charge in [-0.2, -0.15) is 12.1 Å². The number of nitrogens with zero attached hydrogens (tertiary/aromatic N) is 4. The van der Waals surface area contributed by atoms with Crippen LogP contribution in [0.2, 0.25) is 0 Å². The van der Waals surface area contributed by atoms with E-state index in [1.165, 1.54) is 27.8 Å². The fourth-order valence-electron chi connectivity index (χ4n) is 9.49. The molecule has 0 aliphatic carbocycles.